The molecule has 22 heavy (non-hydrogen) atoms. The monoisotopic (exact) mass is 298 g/mol. The smallest absolute Gasteiger partial charge is 0.225 e. The summed E-state index contributed by atoms with van der Waals surface area (Å²) in [5, 5.41) is 1.04. The minimum Gasteiger partial charge on any atom is -0.374 e. The lowest BCUT2D eigenvalue weighted by molar-refractivity contribution is -0.130. The fraction of sp³-hybridized carbons (Fsp3) is 0.438. The van der Waals surface area contributed by atoms with E-state index in [0.717, 1.165) is 29.8 Å². The molecule has 4 rings (SSSR count). The van der Waals surface area contributed by atoms with Crippen LogP contribution in [-0.4, -0.2) is 59.7 Å². The summed E-state index contributed by atoms with van der Waals surface area (Å²) in [5.41, 5.74) is 0.935. The Labute approximate surface area is 128 Å². The molecule has 2 fully saturated rings. The van der Waals surface area contributed by atoms with Gasteiger partial charge in [0.15, 0.2) is 0 Å². The van der Waals surface area contributed by atoms with Gasteiger partial charge in [0, 0.05) is 37.9 Å². The van der Waals surface area contributed by atoms with E-state index in [1.165, 1.54) is 0 Å². The van der Waals surface area contributed by atoms with Gasteiger partial charge >= 0.3 is 0 Å². The number of pyridine rings is 2. The van der Waals surface area contributed by atoms with Gasteiger partial charge in [0.2, 0.25) is 5.91 Å². The van der Waals surface area contributed by atoms with Crippen molar-refractivity contribution in [1.29, 1.82) is 0 Å². The molecule has 0 radical (unpaired) electrons. The van der Waals surface area contributed by atoms with Gasteiger partial charge in [-0.25, -0.2) is 4.98 Å². The highest BCUT2D eigenvalue weighted by atomic mass is 16.5. The van der Waals surface area contributed by atoms with Crippen LogP contribution >= 0.6 is 0 Å². The van der Waals surface area contributed by atoms with Crippen molar-refractivity contribution in [3.8, 4) is 0 Å². The summed E-state index contributed by atoms with van der Waals surface area (Å²) in [7, 11) is 1.87. The standard InChI is InChI=1S/C16H18N4O2/c1-19-13-9-20(10-14(13)22-8-5-15(19)21)16-11-3-2-6-17-12(11)4-7-18-16/h2-4,6-7,13-14H,5,8-10H2,1H3/t13-,14-/m0/s1. The molecular formula is C16H18N4O2. The lowest BCUT2D eigenvalue weighted by Crippen LogP contribution is -2.42. The Kier molecular flexibility index (Phi) is 3.18. The number of rotatable bonds is 1. The van der Waals surface area contributed by atoms with Gasteiger partial charge < -0.3 is 14.5 Å². The van der Waals surface area contributed by atoms with E-state index in [1.54, 1.807) is 12.4 Å². The van der Waals surface area contributed by atoms with Gasteiger partial charge in [-0.2, -0.15) is 0 Å². The largest absolute Gasteiger partial charge is 0.374 e. The molecule has 6 nitrogen and oxygen atoms in total. The first-order chi connectivity index (χ1) is 10.7. The summed E-state index contributed by atoms with van der Waals surface area (Å²) in [6.45, 7) is 2.00. The molecule has 4 heterocycles. The van der Waals surface area contributed by atoms with Crippen molar-refractivity contribution < 1.29 is 9.53 Å². The average molecular weight is 298 g/mol. The van der Waals surface area contributed by atoms with Crippen LogP contribution in [0.1, 0.15) is 6.42 Å². The van der Waals surface area contributed by atoms with Crippen LogP contribution in [0.15, 0.2) is 30.6 Å². The second kappa shape index (κ2) is 5.21. The molecule has 2 aromatic rings. The molecule has 2 saturated heterocycles. The fourth-order valence-electron chi connectivity index (χ4n) is 3.36. The number of nitrogens with zero attached hydrogens (tertiary/aromatic N) is 4. The molecule has 0 N–H and O–H groups in total. The first-order valence-electron chi connectivity index (χ1n) is 7.56. The summed E-state index contributed by atoms with van der Waals surface area (Å²) in [4.78, 5) is 25.0. The molecule has 0 aromatic carbocycles. The molecule has 0 bridgehead atoms. The summed E-state index contributed by atoms with van der Waals surface area (Å²) >= 11 is 0. The quantitative estimate of drug-likeness (QED) is 0.788. The number of hydrogen-bond donors (Lipinski definition) is 0. The van der Waals surface area contributed by atoms with Gasteiger partial charge in [-0.3, -0.25) is 9.78 Å². The van der Waals surface area contributed by atoms with E-state index >= 15 is 0 Å². The molecule has 0 unspecified atom stereocenters. The van der Waals surface area contributed by atoms with Gasteiger partial charge in [0.25, 0.3) is 0 Å². The molecule has 2 aliphatic heterocycles. The van der Waals surface area contributed by atoms with E-state index in [4.69, 9.17) is 4.74 Å². The zero-order valence-electron chi connectivity index (χ0n) is 12.5. The molecule has 2 atom stereocenters. The number of hydrogen-bond acceptors (Lipinski definition) is 5. The van der Waals surface area contributed by atoms with E-state index in [9.17, 15) is 4.79 Å². The predicted octanol–water partition coefficient (Wildman–Crippen LogP) is 1.07. The Bertz CT molecular complexity index is 715. The maximum absolute atomic E-state index is 12.0. The minimum atomic E-state index is 0.0465. The molecule has 0 aliphatic carbocycles. The second-order valence-electron chi connectivity index (χ2n) is 5.84. The average Bonchev–Trinajstić information content (AvgIpc) is 2.92. The first kappa shape index (κ1) is 13.5. The number of carbonyl (C=O) groups excluding carboxylic acids is 1. The lowest BCUT2D eigenvalue weighted by atomic mass is 10.2. The highest BCUT2D eigenvalue weighted by Crippen LogP contribution is 2.29. The van der Waals surface area contributed by atoms with Crippen LogP contribution in [0.25, 0.3) is 10.9 Å². The SMILES string of the molecule is CN1C(=O)CCO[C@H]2CN(c3nccc4ncccc34)C[C@@H]21. The van der Waals surface area contributed by atoms with Crippen LogP contribution in [0.4, 0.5) is 5.82 Å². The maximum atomic E-state index is 12.0. The number of carbonyl (C=O) groups is 1. The van der Waals surface area contributed by atoms with Crippen LogP contribution in [0.3, 0.4) is 0 Å². The molecule has 2 aromatic heterocycles. The van der Waals surface area contributed by atoms with Crippen molar-refractivity contribution in [3.05, 3.63) is 30.6 Å². The molecule has 1 amide bonds. The molecule has 6 heteroatoms. The number of ether oxygens (including phenoxy) is 1. The van der Waals surface area contributed by atoms with Crippen LogP contribution < -0.4 is 4.90 Å². The highest BCUT2D eigenvalue weighted by Gasteiger charge is 2.40. The third kappa shape index (κ3) is 2.11. The number of fused-ring (bicyclic) bond motifs is 2. The van der Waals surface area contributed by atoms with Crippen LogP contribution in [0.5, 0.6) is 0 Å². The van der Waals surface area contributed by atoms with Crippen molar-refractivity contribution in [2.45, 2.75) is 18.6 Å². The summed E-state index contributed by atoms with van der Waals surface area (Å²) in [5.74, 6) is 1.07. The van der Waals surface area contributed by atoms with Crippen molar-refractivity contribution in [3.63, 3.8) is 0 Å². The topological polar surface area (TPSA) is 58.6 Å². The van der Waals surface area contributed by atoms with E-state index in [0.29, 0.717) is 13.0 Å². The predicted molar refractivity (Wildman–Crippen MR) is 82.7 cm³/mol. The number of anilines is 1. The van der Waals surface area contributed by atoms with Gasteiger partial charge in [-0.1, -0.05) is 0 Å². The highest BCUT2D eigenvalue weighted by molar-refractivity contribution is 5.89. The zero-order valence-corrected chi connectivity index (χ0v) is 12.5. The summed E-state index contributed by atoms with van der Waals surface area (Å²) < 4.78 is 5.88. The second-order valence-corrected chi connectivity index (χ2v) is 5.84. The van der Waals surface area contributed by atoms with Gasteiger partial charge in [-0.15, -0.1) is 0 Å². The Morgan fingerprint density at radius 2 is 2.14 bits per heavy atom. The van der Waals surface area contributed by atoms with E-state index in [1.807, 2.05) is 30.1 Å². The van der Waals surface area contributed by atoms with Gasteiger partial charge in [-0.05, 0) is 18.2 Å². The van der Waals surface area contributed by atoms with E-state index in [2.05, 4.69) is 14.9 Å². The molecule has 2 aliphatic rings. The Morgan fingerprint density at radius 1 is 1.23 bits per heavy atom. The van der Waals surface area contributed by atoms with Gasteiger partial charge in [0.05, 0.1) is 30.7 Å². The van der Waals surface area contributed by atoms with Crippen molar-refractivity contribution in [2.75, 3.05) is 31.6 Å². The third-order valence-electron chi connectivity index (χ3n) is 4.58. The number of likely N-dealkylation sites (N-methyl/N-ethyl adjacent to an activating group) is 1. The van der Waals surface area contributed by atoms with Crippen molar-refractivity contribution in [2.24, 2.45) is 0 Å². The van der Waals surface area contributed by atoms with Crippen LogP contribution in [0.2, 0.25) is 0 Å². The van der Waals surface area contributed by atoms with E-state index < -0.39 is 0 Å². The molecule has 0 saturated carbocycles. The number of amides is 1. The normalized spacial score (nSPS) is 25.4. The molecule has 0 spiro atoms. The Hall–Kier alpha value is -2.21. The summed E-state index contributed by atoms with van der Waals surface area (Å²) in [6.07, 6.45) is 4.09. The van der Waals surface area contributed by atoms with Crippen LogP contribution in [-0.2, 0) is 9.53 Å². The van der Waals surface area contributed by atoms with Gasteiger partial charge in [0.1, 0.15) is 5.82 Å². The van der Waals surface area contributed by atoms with Crippen molar-refractivity contribution >= 4 is 22.6 Å². The van der Waals surface area contributed by atoms with Crippen LogP contribution in [0, 0.1) is 0 Å². The Balaban J connectivity index is 1.68. The summed E-state index contributed by atoms with van der Waals surface area (Å²) in [6, 6.07) is 5.96. The maximum Gasteiger partial charge on any atom is 0.225 e. The fourth-order valence-corrected chi connectivity index (χ4v) is 3.36. The lowest BCUT2D eigenvalue weighted by Gasteiger charge is -2.25. The third-order valence-corrected chi connectivity index (χ3v) is 4.58. The van der Waals surface area contributed by atoms with E-state index in [-0.39, 0.29) is 18.1 Å². The zero-order chi connectivity index (χ0) is 15.1. The first-order valence-corrected chi connectivity index (χ1v) is 7.56. The molecular weight excluding hydrogens is 280 g/mol. The Morgan fingerprint density at radius 3 is 3.05 bits per heavy atom. The minimum absolute atomic E-state index is 0.0465. The molecule has 114 valence electrons. The number of aromatic nitrogens is 2. The van der Waals surface area contributed by atoms with Crippen molar-refractivity contribution in [1.82, 2.24) is 14.9 Å².